The molecule has 1 aliphatic rings. The molecule has 2 aromatic rings. The van der Waals surface area contributed by atoms with Crippen LogP contribution in [-0.4, -0.2) is 44.8 Å². The highest BCUT2D eigenvalue weighted by Gasteiger charge is 2.24. The first-order valence-corrected chi connectivity index (χ1v) is 8.63. The molecule has 24 heavy (non-hydrogen) atoms. The monoisotopic (exact) mass is 326 g/mol. The van der Waals surface area contributed by atoms with Crippen LogP contribution < -0.4 is 14.8 Å². The van der Waals surface area contributed by atoms with Gasteiger partial charge in [-0.2, -0.15) is 0 Å². The standard InChI is InChI=1S/C20H26N2O2/c1-3-24-19-6-4-5-17(15-19)20(22-13-11-21-12-14-22)16-7-9-18(23-2)10-8-16/h4-10,15,20-21H,3,11-14H2,1-2H3. The Balaban J connectivity index is 1.95. The van der Waals surface area contributed by atoms with Crippen LogP contribution in [0.1, 0.15) is 24.1 Å². The molecule has 1 atom stereocenters. The Labute approximate surface area is 144 Å². The summed E-state index contributed by atoms with van der Waals surface area (Å²) >= 11 is 0. The molecule has 128 valence electrons. The van der Waals surface area contributed by atoms with Crippen molar-refractivity contribution in [1.29, 1.82) is 0 Å². The van der Waals surface area contributed by atoms with Gasteiger partial charge >= 0.3 is 0 Å². The molecule has 0 spiro atoms. The molecule has 1 aliphatic heterocycles. The summed E-state index contributed by atoms with van der Waals surface area (Å²) in [6.07, 6.45) is 0. The fraction of sp³-hybridized carbons (Fsp3) is 0.400. The zero-order valence-corrected chi connectivity index (χ0v) is 14.5. The number of hydrogen-bond acceptors (Lipinski definition) is 4. The Kier molecular flexibility index (Phi) is 5.72. The molecule has 0 bridgehead atoms. The van der Waals surface area contributed by atoms with E-state index < -0.39 is 0 Å². The van der Waals surface area contributed by atoms with E-state index in [1.54, 1.807) is 7.11 Å². The quantitative estimate of drug-likeness (QED) is 0.884. The van der Waals surface area contributed by atoms with Crippen molar-refractivity contribution in [3.63, 3.8) is 0 Å². The van der Waals surface area contributed by atoms with E-state index in [1.165, 1.54) is 11.1 Å². The third-order valence-electron chi connectivity index (χ3n) is 4.43. The first-order chi connectivity index (χ1) is 11.8. The lowest BCUT2D eigenvalue weighted by molar-refractivity contribution is 0.198. The molecule has 2 aromatic carbocycles. The zero-order valence-electron chi connectivity index (χ0n) is 14.5. The third kappa shape index (κ3) is 3.89. The van der Waals surface area contributed by atoms with Gasteiger partial charge in [0.25, 0.3) is 0 Å². The van der Waals surface area contributed by atoms with Gasteiger partial charge in [-0.3, -0.25) is 4.90 Å². The summed E-state index contributed by atoms with van der Waals surface area (Å²) in [5.41, 5.74) is 2.55. The largest absolute Gasteiger partial charge is 0.497 e. The van der Waals surface area contributed by atoms with Crippen molar-refractivity contribution in [2.24, 2.45) is 0 Å². The summed E-state index contributed by atoms with van der Waals surface area (Å²) in [6.45, 7) is 6.83. The minimum atomic E-state index is 0.235. The number of rotatable bonds is 6. The lowest BCUT2D eigenvalue weighted by atomic mass is 9.96. The second-order valence-corrected chi connectivity index (χ2v) is 5.97. The van der Waals surface area contributed by atoms with E-state index >= 15 is 0 Å². The molecule has 1 fully saturated rings. The van der Waals surface area contributed by atoms with E-state index in [9.17, 15) is 0 Å². The minimum absolute atomic E-state index is 0.235. The van der Waals surface area contributed by atoms with E-state index in [0.717, 1.165) is 37.7 Å². The van der Waals surface area contributed by atoms with Crippen molar-refractivity contribution in [2.45, 2.75) is 13.0 Å². The van der Waals surface area contributed by atoms with Crippen LogP contribution in [0.25, 0.3) is 0 Å². The third-order valence-corrected chi connectivity index (χ3v) is 4.43. The van der Waals surface area contributed by atoms with E-state index in [1.807, 2.05) is 25.1 Å². The molecule has 1 heterocycles. The highest BCUT2D eigenvalue weighted by molar-refractivity contribution is 5.39. The molecule has 0 radical (unpaired) electrons. The predicted octanol–water partition coefficient (Wildman–Crippen LogP) is 3.09. The number of nitrogens with zero attached hydrogens (tertiary/aromatic N) is 1. The maximum absolute atomic E-state index is 5.71. The molecule has 3 rings (SSSR count). The van der Waals surface area contributed by atoms with Gasteiger partial charge in [0.05, 0.1) is 19.8 Å². The first kappa shape index (κ1) is 16.8. The van der Waals surface area contributed by atoms with Crippen LogP contribution in [0.2, 0.25) is 0 Å². The molecule has 1 saturated heterocycles. The molecule has 0 aromatic heterocycles. The molecule has 0 amide bonds. The summed E-state index contributed by atoms with van der Waals surface area (Å²) in [5.74, 6) is 1.82. The van der Waals surface area contributed by atoms with Crippen LogP contribution in [0.3, 0.4) is 0 Å². The van der Waals surface area contributed by atoms with E-state index in [-0.39, 0.29) is 6.04 Å². The van der Waals surface area contributed by atoms with Crippen molar-refractivity contribution in [1.82, 2.24) is 10.2 Å². The van der Waals surface area contributed by atoms with Gasteiger partial charge < -0.3 is 14.8 Å². The number of benzene rings is 2. The van der Waals surface area contributed by atoms with Gasteiger partial charge in [0, 0.05) is 26.2 Å². The molecule has 1 unspecified atom stereocenters. The van der Waals surface area contributed by atoms with Crippen LogP contribution in [-0.2, 0) is 0 Å². The summed E-state index contributed by atoms with van der Waals surface area (Å²) < 4.78 is 11.0. The van der Waals surface area contributed by atoms with Crippen LogP contribution in [0.4, 0.5) is 0 Å². The average Bonchev–Trinajstić information content (AvgIpc) is 2.64. The highest BCUT2D eigenvalue weighted by atomic mass is 16.5. The summed E-state index contributed by atoms with van der Waals surface area (Å²) in [5, 5.41) is 3.44. The average molecular weight is 326 g/mol. The van der Waals surface area contributed by atoms with Gasteiger partial charge in [0.1, 0.15) is 11.5 Å². The van der Waals surface area contributed by atoms with Gasteiger partial charge in [0.2, 0.25) is 0 Å². The fourth-order valence-corrected chi connectivity index (χ4v) is 3.28. The zero-order chi connectivity index (χ0) is 16.8. The van der Waals surface area contributed by atoms with E-state index in [2.05, 4.69) is 40.5 Å². The Morgan fingerprint density at radius 1 is 1.00 bits per heavy atom. The maximum atomic E-state index is 5.71. The topological polar surface area (TPSA) is 33.7 Å². The lowest BCUT2D eigenvalue weighted by Gasteiger charge is -2.35. The molecule has 0 saturated carbocycles. The summed E-state index contributed by atoms with van der Waals surface area (Å²) in [6, 6.07) is 17.1. The number of piperazine rings is 1. The second-order valence-electron chi connectivity index (χ2n) is 5.97. The van der Waals surface area contributed by atoms with Crippen molar-refractivity contribution in [3.8, 4) is 11.5 Å². The van der Waals surface area contributed by atoms with Crippen LogP contribution >= 0.6 is 0 Å². The van der Waals surface area contributed by atoms with Gasteiger partial charge in [-0.25, -0.2) is 0 Å². The molecular weight excluding hydrogens is 300 g/mol. The number of nitrogens with one attached hydrogen (secondary N) is 1. The van der Waals surface area contributed by atoms with Crippen molar-refractivity contribution >= 4 is 0 Å². The van der Waals surface area contributed by atoms with Crippen LogP contribution in [0.5, 0.6) is 11.5 Å². The Morgan fingerprint density at radius 3 is 2.42 bits per heavy atom. The molecule has 0 aliphatic carbocycles. The van der Waals surface area contributed by atoms with E-state index in [4.69, 9.17) is 9.47 Å². The lowest BCUT2D eigenvalue weighted by Crippen LogP contribution is -2.45. The minimum Gasteiger partial charge on any atom is -0.497 e. The molecule has 4 nitrogen and oxygen atoms in total. The van der Waals surface area contributed by atoms with Crippen LogP contribution in [0.15, 0.2) is 48.5 Å². The SMILES string of the molecule is CCOc1cccc(C(c2ccc(OC)cc2)N2CCNCC2)c1. The molecule has 4 heteroatoms. The summed E-state index contributed by atoms with van der Waals surface area (Å²) in [7, 11) is 1.70. The Hall–Kier alpha value is -2.04. The van der Waals surface area contributed by atoms with Gasteiger partial charge in [-0.15, -0.1) is 0 Å². The molecule has 1 N–H and O–H groups in total. The Morgan fingerprint density at radius 2 is 1.75 bits per heavy atom. The Bertz CT molecular complexity index is 636. The highest BCUT2D eigenvalue weighted by Crippen LogP contribution is 2.32. The smallest absolute Gasteiger partial charge is 0.119 e. The second kappa shape index (κ2) is 8.18. The maximum Gasteiger partial charge on any atom is 0.119 e. The summed E-state index contributed by atoms with van der Waals surface area (Å²) in [4.78, 5) is 2.53. The van der Waals surface area contributed by atoms with Crippen molar-refractivity contribution in [3.05, 3.63) is 59.7 Å². The van der Waals surface area contributed by atoms with Gasteiger partial charge in [0.15, 0.2) is 0 Å². The normalized spacial score (nSPS) is 16.6. The number of methoxy groups -OCH3 is 1. The van der Waals surface area contributed by atoms with Crippen molar-refractivity contribution < 1.29 is 9.47 Å². The van der Waals surface area contributed by atoms with E-state index in [0.29, 0.717) is 6.61 Å². The predicted molar refractivity (Wildman–Crippen MR) is 96.9 cm³/mol. The van der Waals surface area contributed by atoms with Crippen molar-refractivity contribution in [2.75, 3.05) is 39.9 Å². The van der Waals surface area contributed by atoms with Gasteiger partial charge in [-0.1, -0.05) is 24.3 Å². The number of hydrogen-bond donors (Lipinski definition) is 1. The first-order valence-electron chi connectivity index (χ1n) is 8.63. The fourth-order valence-electron chi connectivity index (χ4n) is 3.28. The van der Waals surface area contributed by atoms with Gasteiger partial charge in [-0.05, 0) is 42.3 Å². The number of ether oxygens (including phenoxy) is 2. The molecular formula is C20H26N2O2. The van der Waals surface area contributed by atoms with Crippen LogP contribution in [0, 0.1) is 0 Å².